The summed E-state index contributed by atoms with van der Waals surface area (Å²) in [5.41, 5.74) is 8.63. The van der Waals surface area contributed by atoms with Crippen LogP contribution in [0.2, 0.25) is 0 Å². The second-order valence-electron chi connectivity index (χ2n) is 7.66. The predicted molar refractivity (Wildman–Crippen MR) is 134 cm³/mol. The Morgan fingerprint density at radius 2 is 1.77 bits per heavy atom. The number of anilines is 1. The van der Waals surface area contributed by atoms with Crippen LogP contribution in [0.25, 0.3) is 0 Å². The lowest BCUT2D eigenvalue weighted by Crippen LogP contribution is -2.46. The normalized spacial score (nSPS) is 19.4. The van der Waals surface area contributed by atoms with Crippen LogP contribution in [0, 0.1) is 0 Å². The largest absolute Gasteiger partial charge is 0.493 e. The van der Waals surface area contributed by atoms with Gasteiger partial charge in [0.1, 0.15) is 5.75 Å². The molecule has 0 spiro atoms. The molecule has 4 rings (SSSR count). The molecule has 0 bridgehead atoms. The fourth-order valence-electron chi connectivity index (χ4n) is 4.08. The van der Waals surface area contributed by atoms with Crippen molar-refractivity contribution in [1.82, 2.24) is 10.2 Å². The van der Waals surface area contributed by atoms with Crippen molar-refractivity contribution < 1.29 is 4.74 Å². The van der Waals surface area contributed by atoms with Gasteiger partial charge >= 0.3 is 0 Å². The number of benzene rings is 2. The fourth-order valence-corrected chi connectivity index (χ4v) is 4.08. The number of hydrogen-bond acceptors (Lipinski definition) is 4. The topological polar surface area (TPSA) is 66.1 Å². The highest BCUT2D eigenvalue weighted by atomic mass is 127. The van der Waals surface area contributed by atoms with E-state index in [2.05, 4.69) is 56.5 Å². The second-order valence-corrected chi connectivity index (χ2v) is 7.66. The van der Waals surface area contributed by atoms with E-state index in [0.29, 0.717) is 12.6 Å². The molecule has 0 saturated carbocycles. The van der Waals surface area contributed by atoms with Gasteiger partial charge in [0.2, 0.25) is 0 Å². The quantitative estimate of drug-likeness (QED) is 0.265. The zero-order chi connectivity index (χ0) is 19.9. The number of nitrogens with one attached hydrogen (secondary N) is 1. The number of halogens is 1. The van der Waals surface area contributed by atoms with Crippen LogP contribution in [-0.2, 0) is 0 Å². The summed E-state index contributed by atoms with van der Waals surface area (Å²) in [6.07, 6.45) is 1.93. The molecule has 0 aliphatic carbocycles. The Balaban J connectivity index is 0.00000256. The van der Waals surface area contributed by atoms with Crippen LogP contribution in [-0.4, -0.2) is 56.7 Å². The zero-order valence-electron chi connectivity index (χ0n) is 17.4. The molecule has 1 atom stereocenters. The molecular weight excluding hydrogens is 489 g/mol. The number of rotatable bonds is 6. The second kappa shape index (κ2) is 11.4. The van der Waals surface area contributed by atoms with Gasteiger partial charge in [0.25, 0.3) is 0 Å². The number of piperazine rings is 1. The number of ether oxygens (including phenoxy) is 1. The molecular formula is C23H32IN5O. The van der Waals surface area contributed by atoms with E-state index in [1.165, 1.54) is 5.69 Å². The third-order valence-electron chi connectivity index (χ3n) is 5.69. The van der Waals surface area contributed by atoms with Crippen LogP contribution in [0.3, 0.4) is 0 Å². The molecule has 6 nitrogen and oxygen atoms in total. The lowest BCUT2D eigenvalue weighted by atomic mass is 10.0. The molecule has 30 heavy (non-hydrogen) atoms. The van der Waals surface area contributed by atoms with Crippen molar-refractivity contribution >= 4 is 35.6 Å². The molecule has 2 aromatic rings. The summed E-state index contributed by atoms with van der Waals surface area (Å²) < 4.78 is 5.71. The molecule has 1 unspecified atom stereocenters. The van der Waals surface area contributed by atoms with Gasteiger partial charge in [-0.1, -0.05) is 36.4 Å². The summed E-state index contributed by atoms with van der Waals surface area (Å²) in [7, 11) is 0. The van der Waals surface area contributed by atoms with Crippen molar-refractivity contribution in [1.29, 1.82) is 0 Å². The molecule has 0 radical (unpaired) electrons. The number of para-hydroxylation sites is 2. The van der Waals surface area contributed by atoms with E-state index in [-0.39, 0.29) is 30.0 Å². The third-order valence-corrected chi connectivity index (χ3v) is 5.69. The number of guanidine groups is 1. The molecule has 2 heterocycles. The Hall–Kier alpha value is -2.00. The number of fused-ring (bicyclic) bond motifs is 1. The van der Waals surface area contributed by atoms with Crippen LogP contribution in [0.1, 0.15) is 24.4 Å². The average Bonchev–Trinajstić information content (AvgIpc) is 2.78. The summed E-state index contributed by atoms with van der Waals surface area (Å²) in [6, 6.07) is 19.0. The van der Waals surface area contributed by atoms with Gasteiger partial charge in [0.15, 0.2) is 5.96 Å². The maximum absolute atomic E-state index is 6.14. The van der Waals surface area contributed by atoms with Crippen molar-refractivity contribution in [3.05, 3.63) is 60.2 Å². The first kappa shape index (κ1) is 22.7. The summed E-state index contributed by atoms with van der Waals surface area (Å²) in [6.45, 7) is 6.90. The number of nitrogens with zero attached hydrogens (tertiary/aromatic N) is 3. The third kappa shape index (κ3) is 6.01. The highest BCUT2D eigenvalue weighted by molar-refractivity contribution is 14.0. The van der Waals surface area contributed by atoms with Gasteiger partial charge in [0.05, 0.1) is 12.6 Å². The average molecular weight is 521 g/mol. The van der Waals surface area contributed by atoms with E-state index >= 15 is 0 Å². The first-order chi connectivity index (χ1) is 14.3. The van der Waals surface area contributed by atoms with E-state index in [1.807, 2.05) is 18.2 Å². The van der Waals surface area contributed by atoms with Gasteiger partial charge in [-0.05, 0) is 24.6 Å². The maximum atomic E-state index is 6.14. The maximum Gasteiger partial charge on any atom is 0.189 e. The molecule has 162 valence electrons. The van der Waals surface area contributed by atoms with Crippen LogP contribution in [0.5, 0.6) is 5.75 Å². The first-order valence-corrected chi connectivity index (χ1v) is 10.6. The lowest BCUT2D eigenvalue weighted by Gasteiger charge is -2.36. The molecule has 7 heteroatoms. The Labute approximate surface area is 196 Å². The SMILES string of the molecule is I.NC(=NCCCN1CCN(c2ccccc2)CC1)NC1CCOc2ccccc21. The Morgan fingerprint density at radius 1 is 1.03 bits per heavy atom. The van der Waals surface area contributed by atoms with Crippen LogP contribution >= 0.6 is 24.0 Å². The Morgan fingerprint density at radius 3 is 2.57 bits per heavy atom. The van der Waals surface area contributed by atoms with Gasteiger partial charge in [-0.3, -0.25) is 9.89 Å². The van der Waals surface area contributed by atoms with Gasteiger partial charge in [-0.2, -0.15) is 0 Å². The zero-order valence-corrected chi connectivity index (χ0v) is 19.7. The summed E-state index contributed by atoms with van der Waals surface area (Å²) in [4.78, 5) is 9.53. The van der Waals surface area contributed by atoms with E-state index < -0.39 is 0 Å². The highest BCUT2D eigenvalue weighted by Gasteiger charge is 2.21. The molecule has 0 aromatic heterocycles. The Kier molecular flexibility index (Phi) is 8.62. The van der Waals surface area contributed by atoms with E-state index in [9.17, 15) is 0 Å². The standard InChI is InChI=1S/C23H31N5O.HI/c24-23(26-21-11-18-29-22-10-5-4-9-20(21)22)25-12-6-13-27-14-16-28(17-15-27)19-7-2-1-3-8-19;/h1-5,7-10,21H,6,11-18H2,(H3,24,25,26);1H. The molecule has 2 aromatic carbocycles. The minimum Gasteiger partial charge on any atom is -0.493 e. The predicted octanol–water partition coefficient (Wildman–Crippen LogP) is 3.24. The van der Waals surface area contributed by atoms with Crippen LogP contribution in [0.4, 0.5) is 5.69 Å². The summed E-state index contributed by atoms with van der Waals surface area (Å²) in [5.74, 6) is 1.47. The minimum absolute atomic E-state index is 0. The van der Waals surface area contributed by atoms with E-state index in [4.69, 9.17) is 10.5 Å². The monoisotopic (exact) mass is 521 g/mol. The van der Waals surface area contributed by atoms with E-state index in [0.717, 1.165) is 63.4 Å². The molecule has 0 amide bonds. The lowest BCUT2D eigenvalue weighted by molar-refractivity contribution is 0.256. The summed E-state index contributed by atoms with van der Waals surface area (Å²) >= 11 is 0. The van der Waals surface area contributed by atoms with Crippen molar-refractivity contribution in [2.45, 2.75) is 18.9 Å². The van der Waals surface area contributed by atoms with Crippen molar-refractivity contribution in [2.75, 3.05) is 50.8 Å². The van der Waals surface area contributed by atoms with Gasteiger partial charge in [0, 0.05) is 56.9 Å². The number of nitrogens with two attached hydrogens (primary N) is 1. The van der Waals surface area contributed by atoms with Crippen LogP contribution < -0.4 is 20.7 Å². The Bertz CT molecular complexity index is 808. The minimum atomic E-state index is 0. The molecule has 3 N–H and O–H groups in total. The fraction of sp³-hybridized carbons (Fsp3) is 0.435. The van der Waals surface area contributed by atoms with Gasteiger partial charge in [-0.25, -0.2) is 0 Å². The van der Waals surface area contributed by atoms with Crippen molar-refractivity contribution in [3.8, 4) is 5.75 Å². The molecule has 1 saturated heterocycles. The molecule has 2 aliphatic heterocycles. The van der Waals surface area contributed by atoms with Gasteiger partial charge in [-0.15, -0.1) is 24.0 Å². The van der Waals surface area contributed by atoms with Crippen LogP contribution in [0.15, 0.2) is 59.6 Å². The smallest absolute Gasteiger partial charge is 0.189 e. The van der Waals surface area contributed by atoms with Crippen molar-refractivity contribution in [2.24, 2.45) is 10.7 Å². The van der Waals surface area contributed by atoms with E-state index in [1.54, 1.807) is 0 Å². The first-order valence-electron chi connectivity index (χ1n) is 10.6. The number of aliphatic imine (C=N–C) groups is 1. The molecule has 1 fully saturated rings. The summed E-state index contributed by atoms with van der Waals surface area (Å²) in [5, 5.41) is 3.36. The van der Waals surface area contributed by atoms with Gasteiger partial charge < -0.3 is 20.7 Å². The van der Waals surface area contributed by atoms with Crippen molar-refractivity contribution in [3.63, 3.8) is 0 Å². The highest BCUT2D eigenvalue weighted by Crippen LogP contribution is 2.31. The number of hydrogen-bond donors (Lipinski definition) is 2. The molecule has 2 aliphatic rings.